The molecule has 0 aliphatic heterocycles. The normalized spacial score (nSPS) is 12.3. The minimum Gasteiger partial charge on any atom is -0.466 e. The number of hydrogen-bond acceptors (Lipinski definition) is 4. The van der Waals surface area contributed by atoms with Gasteiger partial charge in [-0.15, -0.1) is 0 Å². The molecule has 0 radical (unpaired) electrons. The van der Waals surface area contributed by atoms with Crippen molar-refractivity contribution in [1.29, 1.82) is 0 Å². The van der Waals surface area contributed by atoms with Gasteiger partial charge in [0.05, 0.1) is 18.1 Å². The Bertz CT molecular complexity index is 970. The summed E-state index contributed by atoms with van der Waals surface area (Å²) in [6.07, 6.45) is 3.88. The van der Waals surface area contributed by atoms with Gasteiger partial charge in [-0.1, -0.05) is 79.2 Å². The Morgan fingerprint density at radius 3 is 2.00 bits per heavy atom. The number of carbonyl (C=O) groups excluding carboxylic acids is 2. The monoisotopic (exact) mass is 480 g/mol. The van der Waals surface area contributed by atoms with Crippen LogP contribution in [0.25, 0.3) is 0 Å². The molecule has 0 spiro atoms. The molecule has 0 saturated heterocycles. The van der Waals surface area contributed by atoms with Gasteiger partial charge in [0.25, 0.3) is 0 Å². The number of aryl methyl sites for hydroxylation is 1. The third-order valence-electron chi connectivity index (χ3n) is 6.31. The van der Waals surface area contributed by atoms with Crippen molar-refractivity contribution in [3.8, 4) is 5.75 Å². The first-order chi connectivity index (χ1) is 16.6. The molecule has 4 heteroatoms. The van der Waals surface area contributed by atoms with Gasteiger partial charge in [0.2, 0.25) is 0 Å². The lowest BCUT2D eigenvalue weighted by Gasteiger charge is -2.25. The van der Waals surface area contributed by atoms with E-state index in [9.17, 15) is 9.59 Å². The maximum Gasteiger partial charge on any atom is 0.343 e. The zero-order chi connectivity index (χ0) is 26.1. The predicted octanol–water partition coefficient (Wildman–Crippen LogP) is 8.19. The zero-order valence-electron chi connectivity index (χ0n) is 22.9. The van der Waals surface area contributed by atoms with E-state index in [2.05, 4.69) is 54.5 Å². The largest absolute Gasteiger partial charge is 0.466 e. The maximum atomic E-state index is 13.3. The molecule has 0 N–H and O–H groups in total. The van der Waals surface area contributed by atoms with Crippen molar-refractivity contribution in [2.75, 3.05) is 6.61 Å². The van der Waals surface area contributed by atoms with Crippen molar-refractivity contribution in [1.82, 2.24) is 0 Å². The number of carbonyl (C=O) groups is 2. The van der Waals surface area contributed by atoms with Crippen LogP contribution in [-0.2, 0) is 16.0 Å². The van der Waals surface area contributed by atoms with Crippen LogP contribution in [0.2, 0.25) is 0 Å². The molecule has 0 aliphatic carbocycles. The lowest BCUT2D eigenvalue weighted by atomic mass is 9.84. The summed E-state index contributed by atoms with van der Waals surface area (Å²) in [6.45, 7) is 16.9. The van der Waals surface area contributed by atoms with Gasteiger partial charge in [-0.2, -0.15) is 0 Å². The second-order valence-corrected chi connectivity index (χ2v) is 10.5. The molecule has 192 valence electrons. The fraction of sp³-hybridized carbons (Fsp3) is 0.548. The minimum absolute atomic E-state index is 0.119. The summed E-state index contributed by atoms with van der Waals surface area (Å²) in [6, 6.07) is 11.8. The number of esters is 2. The van der Waals surface area contributed by atoms with Gasteiger partial charge in [-0.25, -0.2) is 4.79 Å². The van der Waals surface area contributed by atoms with E-state index in [0.29, 0.717) is 24.3 Å². The third-order valence-corrected chi connectivity index (χ3v) is 6.31. The highest BCUT2D eigenvalue weighted by molar-refractivity contribution is 5.92. The molecule has 0 saturated carbocycles. The predicted molar refractivity (Wildman–Crippen MR) is 143 cm³/mol. The molecule has 0 aliphatic rings. The smallest absolute Gasteiger partial charge is 0.343 e. The van der Waals surface area contributed by atoms with Crippen LogP contribution in [0.4, 0.5) is 0 Å². The Kier molecular flexibility index (Phi) is 11.0. The van der Waals surface area contributed by atoms with E-state index in [1.165, 1.54) is 5.56 Å². The Morgan fingerprint density at radius 2 is 1.49 bits per heavy atom. The van der Waals surface area contributed by atoms with Crippen molar-refractivity contribution < 1.29 is 19.1 Å². The van der Waals surface area contributed by atoms with Crippen LogP contribution in [-0.4, -0.2) is 18.5 Å². The summed E-state index contributed by atoms with van der Waals surface area (Å²) in [5.41, 5.74) is 4.54. The lowest BCUT2D eigenvalue weighted by Crippen LogP contribution is -2.21. The van der Waals surface area contributed by atoms with E-state index in [1.54, 1.807) is 0 Å². The van der Waals surface area contributed by atoms with Crippen molar-refractivity contribution in [2.24, 2.45) is 5.92 Å². The summed E-state index contributed by atoms with van der Waals surface area (Å²) >= 11 is 0. The fourth-order valence-corrected chi connectivity index (χ4v) is 4.24. The molecule has 0 aromatic heterocycles. The highest BCUT2D eigenvalue weighted by Gasteiger charge is 2.30. The third kappa shape index (κ3) is 7.95. The summed E-state index contributed by atoms with van der Waals surface area (Å²) < 4.78 is 11.6. The quantitative estimate of drug-likeness (QED) is 0.227. The Labute approximate surface area is 212 Å². The molecule has 0 bridgehead atoms. The first kappa shape index (κ1) is 28.6. The highest BCUT2D eigenvalue weighted by Crippen LogP contribution is 2.41. The van der Waals surface area contributed by atoms with Gasteiger partial charge < -0.3 is 9.47 Å². The van der Waals surface area contributed by atoms with Gasteiger partial charge in [0.15, 0.2) is 0 Å². The molecule has 4 nitrogen and oxygen atoms in total. The average molecular weight is 481 g/mol. The molecule has 35 heavy (non-hydrogen) atoms. The lowest BCUT2D eigenvalue weighted by molar-refractivity contribution is -0.145. The van der Waals surface area contributed by atoms with E-state index in [1.807, 2.05) is 37.3 Å². The molecule has 0 amide bonds. The molecule has 1 atom stereocenters. The van der Waals surface area contributed by atoms with E-state index >= 15 is 0 Å². The standard InChI is InChI=1S/C31H44O4/c1-9-11-12-23-13-15-24(16-14-23)30(32)35-29-26(22(7)8)18-25(21(5)6)19-27(29)28(17-20(3)4)31(33)34-10-2/h13-16,18-22,28H,9-12,17H2,1-8H3. The van der Waals surface area contributed by atoms with Crippen LogP contribution in [0, 0.1) is 5.92 Å². The maximum absolute atomic E-state index is 13.3. The second kappa shape index (κ2) is 13.5. The zero-order valence-corrected chi connectivity index (χ0v) is 22.9. The SMILES string of the molecule is CCCCc1ccc(C(=O)Oc2c(C(C)C)cc(C(C)C)cc2C(CC(C)C)C(=O)OCC)cc1. The van der Waals surface area contributed by atoms with E-state index < -0.39 is 11.9 Å². The van der Waals surface area contributed by atoms with Crippen LogP contribution in [0.1, 0.15) is 125 Å². The number of benzene rings is 2. The molecule has 2 aromatic rings. The van der Waals surface area contributed by atoms with Gasteiger partial charge in [-0.05, 0) is 72.8 Å². The molecule has 2 rings (SSSR count). The average Bonchev–Trinajstić information content (AvgIpc) is 2.81. The molecular weight excluding hydrogens is 436 g/mol. The summed E-state index contributed by atoms with van der Waals surface area (Å²) in [4.78, 5) is 26.4. The number of rotatable bonds is 12. The molecule has 0 fully saturated rings. The van der Waals surface area contributed by atoms with Crippen LogP contribution >= 0.6 is 0 Å². The van der Waals surface area contributed by atoms with Crippen LogP contribution in [0.15, 0.2) is 36.4 Å². The van der Waals surface area contributed by atoms with Crippen molar-refractivity contribution in [3.63, 3.8) is 0 Å². The molecular formula is C31H44O4. The number of unbranched alkanes of at least 4 members (excludes halogenated alkanes) is 1. The molecule has 0 heterocycles. The first-order valence-electron chi connectivity index (χ1n) is 13.2. The van der Waals surface area contributed by atoms with Crippen LogP contribution in [0.3, 0.4) is 0 Å². The van der Waals surface area contributed by atoms with E-state index in [-0.39, 0.29) is 23.7 Å². The highest BCUT2D eigenvalue weighted by atomic mass is 16.5. The number of ether oxygens (including phenoxy) is 2. The van der Waals surface area contributed by atoms with Gasteiger partial charge in [0.1, 0.15) is 5.75 Å². The minimum atomic E-state index is -0.495. The van der Waals surface area contributed by atoms with Gasteiger partial charge >= 0.3 is 11.9 Å². The fourth-order valence-electron chi connectivity index (χ4n) is 4.24. The van der Waals surface area contributed by atoms with Crippen molar-refractivity contribution in [2.45, 2.75) is 98.8 Å². The van der Waals surface area contributed by atoms with E-state index in [4.69, 9.17) is 9.47 Å². The summed E-state index contributed by atoms with van der Waals surface area (Å²) in [7, 11) is 0. The Hall–Kier alpha value is -2.62. The first-order valence-corrected chi connectivity index (χ1v) is 13.2. The second-order valence-electron chi connectivity index (χ2n) is 10.5. The van der Waals surface area contributed by atoms with Gasteiger partial charge in [0, 0.05) is 5.56 Å². The van der Waals surface area contributed by atoms with Crippen molar-refractivity contribution in [3.05, 3.63) is 64.2 Å². The van der Waals surface area contributed by atoms with Gasteiger partial charge in [-0.3, -0.25) is 4.79 Å². The van der Waals surface area contributed by atoms with Crippen molar-refractivity contribution >= 4 is 11.9 Å². The van der Waals surface area contributed by atoms with Crippen LogP contribution in [0.5, 0.6) is 5.75 Å². The van der Waals surface area contributed by atoms with E-state index in [0.717, 1.165) is 36.0 Å². The Balaban J connectivity index is 2.58. The molecule has 1 unspecified atom stereocenters. The van der Waals surface area contributed by atoms with Crippen LogP contribution < -0.4 is 4.74 Å². The number of hydrogen-bond donors (Lipinski definition) is 0. The molecule has 2 aromatic carbocycles. The Morgan fingerprint density at radius 1 is 0.857 bits per heavy atom. The topological polar surface area (TPSA) is 52.6 Å². The summed E-state index contributed by atoms with van der Waals surface area (Å²) in [5.74, 6) is -0.00137. The summed E-state index contributed by atoms with van der Waals surface area (Å²) in [5, 5.41) is 0.